The summed E-state index contributed by atoms with van der Waals surface area (Å²) in [4.78, 5) is 16.4. The third-order valence-electron chi connectivity index (χ3n) is 8.63. The van der Waals surface area contributed by atoms with Crippen molar-refractivity contribution in [1.82, 2.24) is 4.98 Å². The quantitative estimate of drug-likeness (QED) is 0.0698. The molecule has 0 saturated heterocycles. The zero-order valence-electron chi connectivity index (χ0n) is 28.2. The summed E-state index contributed by atoms with van der Waals surface area (Å²) in [7, 11) is 4.23. The molecular weight excluding hydrogens is 765 g/mol. The first-order valence-corrected chi connectivity index (χ1v) is 17.0. The van der Waals surface area contributed by atoms with Gasteiger partial charge in [-0.3, -0.25) is 9.78 Å². The second-order valence-corrected chi connectivity index (χ2v) is 13.6. The number of pyridine rings is 2. The molecule has 6 heteroatoms. The molecule has 5 rings (SSSR count). The topological polar surface area (TPSA) is 54.1 Å². The van der Waals surface area contributed by atoms with E-state index in [-0.39, 0.29) is 48.9 Å². The molecule has 0 spiro atoms. The fourth-order valence-corrected chi connectivity index (χ4v) is 6.58. The standard InChI is InChI=1S/C27H23N2S.C13H24O2.Ir/c1-27(2,3)23-16-20(15-18-7-5-6-8-21(18)23)24-17-19(10-13-29(24)4)26-22-11-14-30-25(22)9-12-28-26;1-5-10(6-2)12(14)9-13(15)11(7-3)8-4;/h5-14,16-17H,4H2,1-3H3;9-11,14H,5-8H2,1-4H3;/q-1;;/b;12-9-;. The summed E-state index contributed by atoms with van der Waals surface area (Å²) in [6.07, 6.45) is 8.81. The van der Waals surface area contributed by atoms with Crippen LogP contribution in [0.25, 0.3) is 43.4 Å². The number of fused-ring (bicyclic) bond motifs is 2. The van der Waals surface area contributed by atoms with Gasteiger partial charge in [0, 0.05) is 61.3 Å². The Balaban J connectivity index is 0.000000309. The van der Waals surface area contributed by atoms with E-state index < -0.39 is 0 Å². The Kier molecular flexibility index (Phi) is 13.3. The number of hydrogen-bond donors (Lipinski definition) is 1. The van der Waals surface area contributed by atoms with Gasteiger partial charge in [-0.15, -0.1) is 40.5 Å². The van der Waals surface area contributed by atoms with Gasteiger partial charge in [0.15, 0.2) is 5.78 Å². The summed E-state index contributed by atoms with van der Waals surface area (Å²) in [5, 5.41) is 15.4. The van der Waals surface area contributed by atoms with Crippen molar-refractivity contribution < 1.29 is 34.6 Å². The van der Waals surface area contributed by atoms with Crippen LogP contribution in [0.3, 0.4) is 0 Å². The van der Waals surface area contributed by atoms with Crippen LogP contribution in [0.4, 0.5) is 0 Å². The molecule has 5 aromatic rings. The Hall–Kier alpha value is -3.31. The maximum Gasteiger partial charge on any atom is 0.162 e. The molecule has 0 aliphatic rings. The molecule has 1 radical (unpaired) electrons. The smallest absolute Gasteiger partial charge is 0.162 e. The van der Waals surface area contributed by atoms with Crippen LogP contribution >= 0.6 is 11.3 Å². The number of aromatic nitrogens is 2. The van der Waals surface area contributed by atoms with Gasteiger partial charge in [0.05, 0.1) is 17.6 Å². The van der Waals surface area contributed by atoms with Crippen molar-refractivity contribution >= 4 is 38.0 Å². The van der Waals surface area contributed by atoms with Gasteiger partial charge in [-0.1, -0.05) is 77.6 Å². The third-order valence-corrected chi connectivity index (χ3v) is 9.51. The number of nitrogens with zero attached hydrogens (tertiary/aromatic N) is 2. The van der Waals surface area contributed by atoms with E-state index in [1.54, 1.807) is 11.3 Å². The van der Waals surface area contributed by atoms with Crippen LogP contribution in [0, 0.1) is 24.9 Å². The van der Waals surface area contributed by atoms with E-state index >= 15 is 0 Å². The third kappa shape index (κ3) is 8.53. The summed E-state index contributed by atoms with van der Waals surface area (Å²) in [6, 6.07) is 22.9. The number of thiophene rings is 1. The van der Waals surface area contributed by atoms with Crippen LogP contribution < -0.4 is 4.57 Å². The Labute approximate surface area is 293 Å². The van der Waals surface area contributed by atoms with E-state index in [0.717, 1.165) is 53.6 Å². The second kappa shape index (κ2) is 16.5. The van der Waals surface area contributed by atoms with E-state index in [0.29, 0.717) is 0 Å². The van der Waals surface area contributed by atoms with Crippen molar-refractivity contribution in [3.63, 3.8) is 0 Å². The van der Waals surface area contributed by atoms with E-state index in [2.05, 4.69) is 98.8 Å². The molecule has 0 fully saturated rings. The zero-order chi connectivity index (χ0) is 32.7. The number of hydrogen-bond acceptors (Lipinski definition) is 4. The molecule has 245 valence electrons. The SMILES string of the molecule is CCC(CC)C(=O)/C=C(\O)C(CC)CC.[CH2-][n+]1ccc(-c2nccc3sccc23)cc1-c1[c-]c2ccccc2c(C(C)(C)C)c1.[Ir]. The molecular formula is C40H47IrN2O2S-. The fourth-order valence-electron chi connectivity index (χ4n) is 5.80. The van der Waals surface area contributed by atoms with Gasteiger partial charge < -0.3 is 9.67 Å². The van der Waals surface area contributed by atoms with Crippen molar-refractivity contribution in [2.24, 2.45) is 11.8 Å². The number of ketones is 1. The number of allylic oxidation sites excluding steroid dienone is 2. The van der Waals surface area contributed by atoms with E-state index in [9.17, 15) is 9.90 Å². The largest absolute Gasteiger partial charge is 0.512 e. The summed E-state index contributed by atoms with van der Waals surface area (Å²) in [6.45, 7) is 14.8. The minimum absolute atomic E-state index is 0. The minimum atomic E-state index is 0. The summed E-state index contributed by atoms with van der Waals surface area (Å²) < 4.78 is 3.17. The van der Waals surface area contributed by atoms with Gasteiger partial charge >= 0.3 is 0 Å². The maximum absolute atomic E-state index is 11.7. The molecule has 4 nitrogen and oxygen atoms in total. The van der Waals surface area contributed by atoms with Gasteiger partial charge in [-0.05, 0) is 66.3 Å². The molecule has 46 heavy (non-hydrogen) atoms. The first-order chi connectivity index (χ1) is 21.5. The Morgan fingerprint density at radius 2 is 1.65 bits per heavy atom. The number of carbonyl (C=O) groups excluding carboxylic acids is 1. The van der Waals surface area contributed by atoms with Crippen LogP contribution in [-0.2, 0) is 30.3 Å². The molecule has 0 saturated carbocycles. The summed E-state index contributed by atoms with van der Waals surface area (Å²) in [5.41, 5.74) is 5.51. The first-order valence-electron chi connectivity index (χ1n) is 16.1. The number of benzene rings is 2. The molecule has 0 aliphatic heterocycles. The molecule has 3 aromatic heterocycles. The van der Waals surface area contributed by atoms with E-state index in [1.165, 1.54) is 27.1 Å². The normalized spacial score (nSPS) is 11.9. The van der Waals surface area contributed by atoms with Crippen LogP contribution in [0.1, 0.15) is 79.7 Å². The minimum Gasteiger partial charge on any atom is -0.512 e. The maximum atomic E-state index is 11.7. The molecule has 0 amide bonds. The van der Waals surface area contributed by atoms with Crippen molar-refractivity contribution in [3.8, 4) is 22.5 Å². The molecule has 1 N–H and O–H groups in total. The average Bonchev–Trinajstić information content (AvgIpc) is 3.51. The Morgan fingerprint density at radius 3 is 2.30 bits per heavy atom. The summed E-state index contributed by atoms with van der Waals surface area (Å²) in [5.74, 6) is 0.547. The molecule has 0 unspecified atom stereocenters. The van der Waals surface area contributed by atoms with E-state index in [1.807, 2.05) is 44.7 Å². The summed E-state index contributed by atoms with van der Waals surface area (Å²) >= 11 is 1.74. The van der Waals surface area contributed by atoms with Crippen LogP contribution in [0.2, 0.25) is 0 Å². The molecule has 3 heterocycles. The van der Waals surface area contributed by atoms with Crippen LogP contribution in [0.15, 0.2) is 84.2 Å². The van der Waals surface area contributed by atoms with Gasteiger partial charge in [-0.25, -0.2) is 0 Å². The van der Waals surface area contributed by atoms with Gasteiger partial charge in [0.1, 0.15) is 5.69 Å². The number of aliphatic hydroxyl groups excluding tert-OH is 1. The van der Waals surface area contributed by atoms with Crippen molar-refractivity contribution in [1.29, 1.82) is 0 Å². The van der Waals surface area contributed by atoms with Crippen LogP contribution in [-0.4, -0.2) is 15.9 Å². The monoisotopic (exact) mass is 812 g/mol. The fraction of sp³-hybridized carbons (Fsp3) is 0.350. The number of carbonyl (C=O) groups is 1. The number of rotatable bonds is 9. The average molecular weight is 812 g/mol. The molecule has 0 atom stereocenters. The Bertz CT molecular complexity index is 1790. The zero-order valence-corrected chi connectivity index (χ0v) is 31.4. The Morgan fingerprint density at radius 1 is 0.978 bits per heavy atom. The first kappa shape index (κ1) is 37.2. The molecule has 0 aliphatic carbocycles. The van der Waals surface area contributed by atoms with Crippen molar-refractivity contribution in [2.45, 2.75) is 79.6 Å². The van der Waals surface area contributed by atoms with Crippen molar-refractivity contribution in [2.75, 3.05) is 0 Å². The molecule has 0 bridgehead atoms. The predicted octanol–water partition coefficient (Wildman–Crippen LogP) is 10.7. The van der Waals surface area contributed by atoms with Crippen molar-refractivity contribution in [3.05, 3.63) is 103 Å². The molecule has 2 aromatic carbocycles. The van der Waals surface area contributed by atoms with Gasteiger partial charge in [0.2, 0.25) is 0 Å². The van der Waals surface area contributed by atoms with Crippen LogP contribution in [0.5, 0.6) is 0 Å². The van der Waals surface area contributed by atoms with E-state index in [4.69, 9.17) is 0 Å². The number of aliphatic hydroxyl groups is 1. The second-order valence-electron chi connectivity index (χ2n) is 12.7. The predicted molar refractivity (Wildman–Crippen MR) is 190 cm³/mol. The van der Waals surface area contributed by atoms with Gasteiger partial charge in [-0.2, -0.15) is 0 Å². The van der Waals surface area contributed by atoms with Gasteiger partial charge in [0.25, 0.3) is 0 Å².